The predicted molar refractivity (Wildman–Crippen MR) is 91.6 cm³/mol. The number of para-hydroxylation sites is 1. The van der Waals surface area contributed by atoms with Gasteiger partial charge in [0.1, 0.15) is 5.75 Å². The first kappa shape index (κ1) is 16.3. The van der Waals surface area contributed by atoms with Crippen LogP contribution in [0.5, 0.6) is 5.75 Å². The van der Waals surface area contributed by atoms with E-state index in [1.54, 1.807) is 6.92 Å². The minimum Gasteiger partial charge on any atom is -0.494 e. The highest BCUT2D eigenvalue weighted by Crippen LogP contribution is 2.30. The summed E-state index contributed by atoms with van der Waals surface area (Å²) in [4.78, 5) is 16.5. The van der Waals surface area contributed by atoms with Crippen LogP contribution in [-0.4, -0.2) is 54.0 Å². The standard InChI is InChI=1S/C19H28N2O2/c1-16(22)21-14-6-11-19(21)18-10-5-12-20(18)13-7-15-23-17-8-3-2-4-9-17/h2-4,8-9,18-19H,5-7,10-15H2,1H3/t18-,19-/m1/s1. The zero-order valence-corrected chi connectivity index (χ0v) is 14.1. The van der Waals surface area contributed by atoms with E-state index in [1.165, 1.54) is 19.3 Å². The average Bonchev–Trinajstić information content (AvgIpc) is 3.21. The van der Waals surface area contributed by atoms with E-state index in [0.717, 1.165) is 44.8 Å². The third-order valence-corrected chi connectivity index (χ3v) is 5.16. The number of rotatable bonds is 6. The topological polar surface area (TPSA) is 32.8 Å². The number of amides is 1. The van der Waals surface area contributed by atoms with Gasteiger partial charge in [-0.05, 0) is 50.8 Å². The van der Waals surface area contributed by atoms with E-state index in [2.05, 4.69) is 9.80 Å². The molecule has 3 rings (SSSR count). The van der Waals surface area contributed by atoms with Gasteiger partial charge >= 0.3 is 0 Å². The lowest BCUT2D eigenvalue weighted by atomic mass is 10.0. The van der Waals surface area contributed by atoms with E-state index in [9.17, 15) is 4.79 Å². The van der Waals surface area contributed by atoms with Gasteiger partial charge in [0.15, 0.2) is 0 Å². The fraction of sp³-hybridized carbons (Fsp3) is 0.632. The molecule has 23 heavy (non-hydrogen) atoms. The molecular formula is C19H28N2O2. The van der Waals surface area contributed by atoms with Gasteiger partial charge in [0.25, 0.3) is 0 Å². The molecule has 2 aliphatic heterocycles. The maximum absolute atomic E-state index is 11.8. The van der Waals surface area contributed by atoms with Crippen LogP contribution in [0, 0.1) is 0 Å². The van der Waals surface area contributed by atoms with Crippen molar-refractivity contribution in [1.82, 2.24) is 9.80 Å². The second kappa shape index (κ2) is 7.82. The molecule has 0 saturated carbocycles. The lowest BCUT2D eigenvalue weighted by Crippen LogP contribution is -2.48. The molecule has 1 aromatic carbocycles. The Morgan fingerprint density at radius 3 is 2.65 bits per heavy atom. The van der Waals surface area contributed by atoms with Crippen LogP contribution in [0.15, 0.2) is 30.3 Å². The molecule has 2 fully saturated rings. The number of carbonyl (C=O) groups is 1. The highest BCUT2D eigenvalue weighted by Gasteiger charge is 2.38. The van der Waals surface area contributed by atoms with Crippen molar-refractivity contribution in [2.45, 2.75) is 51.1 Å². The highest BCUT2D eigenvalue weighted by atomic mass is 16.5. The van der Waals surface area contributed by atoms with Crippen molar-refractivity contribution in [3.05, 3.63) is 30.3 Å². The second-order valence-corrected chi connectivity index (χ2v) is 6.68. The Hall–Kier alpha value is -1.55. The first-order valence-electron chi connectivity index (χ1n) is 8.95. The second-order valence-electron chi connectivity index (χ2n) is 6.68. The smallest absolute Gasteiger partial charge is 0.219 e. The third kappa shape index (κ3) is 4.05. The molecule has 2 atom stereocenters. The van der Waals surface area contributed by atoms with Crippen LogP contribution in [0.1, 0.15) is 39.0 Å². The molecule has 0 spiro atoms. The van der Waals surface area contributed by atoms with Gasteiger partial charge in [-0.2, -0.15) is 0 Å². The quantitative estimate of drug-likeness (QED) is 0.757. The summed E-state index contributed by atoms with van der Waals surface area (Å²) in [5.41, 5.74) is 0. The van der Waals surface area contributed by atoms with Crippen molar-refractivity contribution in [3.8, 4) is 5.75 Å². The molecule has 1 aromatic rings. The van der Waals surface area contributed by atoms with Gasteiger partial charge in [-0.15, -0.1) is 0 Å². The molecule has 0 radical (unpaired) electrons. The number of nitrogens with zero attached hydrogens (tertiary/aromatic N) is 2. The lowest BCUT2D eigenvalue weighted by Gasteiger charge is -2.34. The molecule has 0 aliphatic carbocycles. The van der Waals surface area contributed by atoms with Crippen molar-refractivity contribution in [1.29, 1.82) is 0 Å². The van der Waals surface area contributed by atoms with Crippen LogP contribution in [-0.2, 0) is 4.79 Å². The molecular weight excluding hydrogens is 288 g/mol. The van der Waals surface area contributed by atoms with E-state index < -0.39 is 0 Å². The zero-order valence-electron chi connectivity index (χ0n) is 14.1. The highest BCUT2D eigenvalue weighted by molar-refractivity contribution is 5.74. The minimum absolute atomic E-state index is 0.242. The molecule has 2 saturated heterocycles. The monoisotopic (exact) mass is 316 g/mol. The number of hydrogen-bond donors (Lipinski definition) is 0. The minimum atomic E-state index is 0.242. The van der Waals surface area contributed by atoms with Crippen LogP contribution in [0.25, 0.3) is 0 Å². The SMILES string of the molecule is CC(=O)N1CCC[C@@H]1[C@H]1CCCN1CCCOc1ccccc1. The number of likely N-dealkylation sites (tertiary alicyclic amines) is 2. The molecule has 0 N–H and O–H groups in total. The summed E-state index contributed by atoms with van der Waals surface area (Å²) in [5, 5.41) is 0. The summed E-state index contributed by atoms with van der Waals surface area (Å²) in [5.74, 6) is 1.19. The van der Waals surface area contributed by atoms with Crippen LogP contribution in [0.4, 0.5) is 0 Å². The summed E-state index contributed by atoms with van der Waals surface area (Å²) < 4.78 is 5.79. The van der Waals surface area contributed by atoms with Gasteiger partial charge in [-0.1, -0.05) is 18.2 Å². The molecule has 0 aromatic heterocycles. The van der Waals surface area contributed by atoms with E-state index >= 15 is 0 Å². The average molecular weight is 316 g/mol. The van der Waals surface area contributed by atoms with E-state index in [0.29, 0.717) is 12.1 Å². The number of carbonyl (C=O) groups excluding carboxylic acids is 1. The van der Waals surface area contributed by atoms with Crippen molar-refractivity contribution in [3.63, 3.8) is 0 Å². The Balaban J connectivity index is 1.46. The van der Waals surface area contributed by atoms with Crippen LogP contribution in [0.3, 0.4) is 0 Å². The van der Waals surface area contributed by atoms with Crippen molar-refractivity contribution in [2.24, 2.45) is 0 Å². The molecule has 2 aliphatic rings. The predicted octanol–water partition coefficient (Wildman–Crippen LogP) is 2.93. The summed E-state index contributed by atoms with van der Waals surface area (Å²) in [7, 11) is 0. The van der Waals surface area contributed by atoms with Gasteiger partial charge in [0, 0.05) is 32.1 Å². The Labute approximate surface area is 139 Å². The van der Waals surface area contributed by atoms with E-state index in [4.69, 9.17) is 4.74 Å². The number of ether oxygens (including phenoxy) is 1. The number of benzene rings is 1. The van der Waals surface area contributed by atoms with E-state index in [-0.39, 0.29) is 5.91 Å². The van der Waals surface area contributed by atoms with Crippen LogP contribution >= 0.6 is 0 Å². The van der Waals surface area contributed by atoms with E-state index in [1.807, 2.05) is 30.3 Å². The molecule has 1 amide bonds. The largest absolute Gasteiger partial charge is 0.494 e. The van der Waals surface area contributed by atoms with Gasteiger partial charge in [-0.25, -0.2) is 0 Å². The molecule has 4 heteroatoms. The molecule has 0 bridgehead atoms. The Kier molecular flexibility index (Phi) is 5.55. The zero-order chi connectivity index (χ0) is 16.1. The first-order chi connectivity index (χ1) is 11.3. The van der Waals surface area contributed by atoms with Gasteiger partial charge < -0.3 is 9.64 Å². The summed E-state index contributed by atoms with van der Waals surface area (Å²) >= 11 is 0. The maximum atomic E-state index is 11.8. The van der Waals surface area contributed by atoms with Crippen LogP contribution < -0.4 is 4.74 Å². The van der Waals surface area contributed by atoms with Crippen molar-refractivity contribution >= 4 is 5.91 Å². The summed E-state index contributed by atoms with van der Waals surface area (Å²) in [6.07, 6.45) is 5.85. The summed E-state index contributed by atoms with van der Waals surface area (Å²) in [6.45, 7) is 5.65. The van der Waals surface area contributed by atoms with Gasteiger partial charge in [0.2, 0.25) is 5.91 Å². The molecule has 126 valence electrons. The normalized spacial score (nSPS) is 25.0. The van der Waals surface area contributed by atoms with Crippen molar-refractivity contribution in [2.75, 3.05) is 26.2 Å². The third-order valence-electron chi connectivity index (χ3n) is 5.16. The Morgan fingerprint density at radius 1 is 1.13 bits per heavy atom. The maximum Gasteiger partial charge on any atom is 0.219 e. The van der Waals surface area contributed by atoms with Gasteiger partial charge in [-0.3, -0.25) is 9.69 Å². The summed E-state index contributed by atoms with van der Waals surface area (Å²) in [6, 6.07) is 11.0. The Morgan fingerprint density at radius 2 is 1.87 bits per heavy atom. The van der Waals surface area contributed by atoms with Crippen LogP contribution in [0.2, 0.25) is 0 Å². The number of hydrogen-bond acceptors (Lipinski definition) is 3. The Bertz CT molecular complexity index is 505. The molecule has 0 unspecified atom stereocenters. The lowest BCUT2D eigenvalue weighted by molar-refractivity contribution is -0.130. The molecule has 2 heterocycles. The molecule has 4 nitrogen and oxygen atoms in total. The van der Waals surface area contributed by atoms with Gasteiger partial charge in [0.05, 0.1) is 6.61 Å². The first-order valence-corrected chi connectivity index (χ1v) is 8.95. The fourth-order valence-electron chi connectivity index (χ4n) is 4.12. The fourth-order valence-corrected chi connectivity index (χ4v) is 4.12. The van der Waals surface area contributed by atoms with Crippen molar-refractivity contribution < 1.29 is 9.53 Å².